The molecule has 1 aliphatic rings. The lowest BCUT2D eigenvalue weighted by Gasteiger charge is -2.16. The number of ether oxygens (including phenoxy) is 1. The summed E-state index contributed by atoms with van der Waals surface area (Å²) < 4.78 is 47.2. The summed E-state index contributed by atoms with van der Waals surface area (Å²) in [6, 6.07) is 2.02. The van der Waals surface area contributed by atoms with Gasteiger partial charge in [0.2, 0.25) is 0 Å². The third-order valence-corrected chi connectivity index (χ3v) is 3.74. The SMILES string of the molecule is Cc1cc(C2CC(O)C(COP(=O)(O)O)O2)c(F)cc1F. The second-order valence-electron chi connectivity index (χ2n) is 4.88. The van der Waals surface area contributed by atoms with Gasteiger partial charge in [-0.15, -0.1) is 0 Å². The van der Waals surface area contributed by atoms with Crippen LogP contribution in [-0.2, 0) is 13.8 Å². The van der Waals surface area contributed by atoms with Crippen molar-refractivity contribution >= 4 is 7.82 Å². The van der Waals surface area contributed by atoms with Crippen molar-refractivity contribution < 1.29 is 37.5 Å². The van der Waals surface area contributed by atoms with Gasteiger partial charge < -0.3 is 19.6 Å². The number of hydrogen-bond donors (Lipinski definition) is 3. The summed E-state index contributed by atoms with van der Waals surface area (Å²) >= 11 is 0. The maximum absolute atomic E-state index is 13.8. The normalized spacial score (nSPS) is 26.3. The monoisotopic (exact) mass is 324 g/mol. The number of phosphoric acid groups is 1. The van der Waals surface area contributed by atoms with Crippen LogP contribution in [0.15, 0.2) is 12.1 Å². The van der Waals surface area contributed by atoms with Crippen molar-refractivity contribution in [2.24, 2.45) is 0 Å². The Hall–Kier alpha value is -0.890. The molecule has 0 amide bonds. The molecule has 21 heavy (non-hydrogen) atoms. The van der Waals surface area contributed by atoms with Crippen LogP contribution in [0.25, 0.3) is 0 Å². The molecule has 0 bridgehead atoms. The van der Waals surface area contributed by atoms with Crippen molar-refractivity contribution in [2.45, 2.75) is 31.7 Å². The van der Waals surface area contributed by atoms with Crippen LogP contribution in [0.3, 0.4) is 0 Å². The molecule has 1 heterocycles. The van der Waals surface area contributed by atoms with Gasteiger partial charge in [0.15, 0.2) is 0 Å². The van der Waals surface area contributed by atoms with Gasteiger partial charge in [-0.3, -0.25) is 4.52 Å². The summed E-state index contributed by atoms with van der Waals surface area (Å²) in [5.41, 5.74) is 0.325. The molecule has 2 rings (SSSR count). The Labute approximate surface area is 119 Å². The van der Waals surface area contributed by atoms with Crippen molar-refractivity contribution in [1.82, 2.24) is 0 Å². The van der Waals surface area contributed by atoms with Crippen molar-refractivity contribution in [3.8, 4) is 0 Å². The number of halogens is 2. The summed E-state index contributed by atoms with van der Waals surface area (Å²) in [7, 11) is -4.68. The van der Waals surface area contributed by atoms with E-state index in [1.165, 1.54) is 13.0 Å². The fraction of sp³-hybridized carbons (Fsp3) is 0.500. The number of aliphatic hydroxyl groups excluding tert-OH is 1. The fourth-order valence-corrected chi connectivity index (χ4v) is 2.52. The van der Waals surface area contributed by atoms with Crippen LogP contribution in [0.2, 0.25) is 0 Å². The minimum absolute atomic E-state index is 0.0250. The van der Waals surface area contributed by atoms with Crippen LogP contribution < -0.4 is 0 Å². The number of phosphoric ester groups is 1. The predicted octanol–water partition coefficient (Wildman–Crippen LogP) is 1.57. The zero-order valence-corrected chi connectivity index (χ0v) is 12.0. The van der Waals surface area contributed by atoms with Crippen LogP contribution in [0.5, 0.6) is 0 Å². The number of aliphatic hydroxyl groups is 1. The van der Waals surface area contributed by atoms with E-state index in [9.17, 15) is 18.5 Å². The Balaban J connectivity index is 2.10. The van der Waals surface area contributed by atoms with E-state index in [-0.39, 0.29) is 17.5 Å². The van der Waals surface area contributed by atoms with Gasteiger partial charge in [-0.05, 0) is 18.6 Å². The molecule has 3 unspecified atom stereocenters. The van der Waals surface area contributed by atoms with Gasteiger partial charge in [0.05, 0.1) is 18.8 Å². The second kappa shape index (κ2) is 6.08. The Morgan fingerprint density at radius 3 is 2.67 bits per heavy atom. The molecule has 3 N–H and O–H groups in total. The lowest BCUT2D eigenvalue weighted by atomic mass is 10.0. The van der Waals surface area contributed by atoms with E-state index in [0.29, 0.717) is 0 Å². The number of rotatable bonds is 4. The van der Waals surface area contributed by atoms with Gasteiger partial charge in [0.1, 0.15) is 17.7 Å². The van der Waals surface area contributed by atoms with Crippen LogP contribution >= 0.6 is 7.82 Å². The lowest BCUT2D eigenvalue weighted by Crippen LogP contribution is -2.25. The largest absolute Gasteiger partial charge is 0.469 e. The molecule has 1 saturated heterocycles. The van der Waals surface area contributed by atoms with E-state index in [4.69, 9.17) is 14.5 Å². The minimum atomic E-state index is -4.68. The van der Waals surface area contributed by atoms with Gasteiger partial charge in [-0.25, -0.2) is 13.3 Å². The topological polar surface area (TPSA) is 96.2 Å². The highest BCUT2D eigenvalue weighted by atomic mass is 31.2. The molecule has 0 aromatic heterocycles. The molecule has 1 aromatic rings. The third-order valence-electron chi connectivity index (χ3n) is 3.26. The average Bonchev–Trinajstić information content (AvgIpc) is 2.72. The summed E-state index contributed by atoms with van der Waals surface area (Å²) in [5.74, 6) is -1.48. The minimum Gasteiger partial charge on any atom is -0.390 e. The standard InChI is InChI=1S/C12H15F2O6P/c1-6-2-7(9(14)3-8(6)13)11-4-10(15)12(20-11)5-19-21(16,17)18/h2-3,10-12,15H,4-5H2,1H3,(H2,16,17,18). The summed E-state index contributed by atoms with van der Waals surface area (Å²) in [4.78, 5) is 17.2. The van der Waals surface area contributed by atoms with E-state index in [1.807, 2.05) is 0 Å². The van der Waals surface area contributed by atoms with Crippen LogP contribution in [-0.4, -0.2) is 33.7 Å². The Morgan fingerprint density at radius 2 is 2.05 bits per heavy atom. The molecule has 1 aliphatic heterocycles. The van der Waals surface area contributed by atoms with Gasteiger partial charge in [-0.1, -0.05) is 0 Å². The van der Waals surface area contributed by atoms with E-state index in [2.05, 4.69) is 4.52 Å². The second-order valence-corrected chi connectivity index (χ2v) is 6.11. The smallest absolute Gasteiger partial charge is 0.390 e. The predicted molar refractivity (Wildman–Crippen MR) is 67.3 cm³/mol. The number of aryl methyl sites for hydroxylation is 1. The zero-order valence-electron chi connectivity index (χ0n) is 11.1. The summed E-state index contributed by atoms with van der Waals surface area (Å²) in [6.07, 6.45) is -2.86. The lowest BCUT2D eigenvalue weighted by molar-refractivity contribution is -0.0229. The first-order valence-electron chi connectivity index (χ1n) is 6.16. The molecule has 0 spiro atoms. The molecule has 0 saturated carbocycles. The average molecular weight is 324 g/mol. The van der Waals surface area contributed by atoms with Crippen LogP contribution in [0.4, 0.5) is 8.78 Å². The maximum Gasteiger partial charge on any atom is 0.469 e. The summed E-state index contributed by atoms with van der Waals surface area (Å²) in [6.45, 7) is 0.946. The quantitative estimate of drug-likeness (QED) is 0.728. The molecule has 118 valence electrons. The van der Waals surface area contributed by atoms with Gasteiger partial charge in [0.25, 0.3) is 0 Å². The van der Waals surface area contributed by atoms with E-state index in [0.717, 1.165) is 6.07 Å². The fourth-order valence-electron chi connectivity index (χ4n) is 2.18. The molecule has 1 aromatic carbocycles. The number of hydrogen-bond acceptors (Lipinski definition) is 4. The van der Waals surface area contributed by atoms with Crippen molar-refractivity contribution in [3.05, 3.63) is 34.9 Å². The third kappa shape index (κ3) is 4.06. The van der Waals surface area contributed by atoms with Crippen LogP contribution in [0.1, 0.15) is 23.7 Å². The molecule has 6 nitrogen and oxygen atoms in total. The molecule has 9 heteroatoms. The highest BCUT2D eigenvalue weighted by Crippen LogP contribution is 2.40. The highest BCUT2D eigenvalue weighted by molar-refractivity contribution is 7.46. The Morgan fingerprint density at radius 1 is 1.38 bits per heavy atom. The zero-order chi connectivity index (χ0) is 15.8. The molecule has 3 atom stereocenters. The van der Waals surface area contributed by atoms with E-state index in [1.54, 1.807) is 0 Å². The highest BCUT2D eigenvalue weighted by Gasteiger charge is 2.37. The maximum atomic E-state index is 13.8. The first-order chi connectivity index (χ1) is 9.67. The summed E-state index contributed by atoms with van der Waals surface area (Å²) in [5, 5.41) is 9.78. The van der Waals surface area contributed by atoms with Crippen molar-refractivity contribution in [3.63, 3.8) is 0 Å². The molecular formula is C12H15F2O6P. The molecule has 0 radical (unpaired) electrons. The van der Waals surface area contributed by atoms with Crippen molar-refractivity contribution in [1.29, 1.82) is 0 Å². The van der Waals surface area contributed by atoms with E-state index >= 15 is 0 Å². The molecular weight excluding hydrogens is 309 g/mol. The number of benzene rings is 1. The molecule has 1 fully saturated rings. The van der Waals surface area contributed by atoms with Crippen LogP contribution in [0, 0.1) is 18.6 Å². The van der Waals surface area contributed by atoms with E-state index < -0.39 is 44.4 Å². The first-order valence-corrected chi connectivity index (χ1v) is 7.69. The van der Waals surface area contributed by atoms with Gasteiger partial charge >= 0.3 is 7.82 Å². The molecule has 0 aliphatic carbocycles. The van der Waals surface area contributed by atoms with Gasteiger partial charge in [0, 0.05) is 18.1 Å². The Bertz CT molecular complexity index is 575. The van der Waals surface area contributed by atoms with Gasteiger partial charge in [-0.2, -0.15) is 0 Å². The van der Waals surface area contributed by atoms with Crippen molar-refractivity contribution in [2.75, 3.05) is 6.61 Å². The first kappa shape index (κ1) is 16.5. The Kier molecular flexibility index (Phi) is 4.77.